The molecule has 1 saturated heterocycles. The molecule has 0 aliphatic carbocycles. The molecule has 1 heterocycles. The number of rotatable bonds is 2. The second kappa shape index (κ2) is 4.35. The van der Waals surface area contributed by atoms with Gasteiger partial charge in [-0.1, -0.05) is 0 Å². The van der Waals surface area contributed by atoms with Crippen molar-refractivity contribution in [2.45, 2.75) is 13.3 Å². The number of aryl methyl sites for hydroxylation is 1. The van der Waals surface area contributed by atoms with Crippen molar-refractivity contribution in [2.75, 3.05) is 11.5 Å². The minimum Gasteiger partial charge on any atom is -0.294 e. The van der Waals surface area contributed by atoms with Crippen molar-refractivity contribution in [3.05, 3.63) is 35.1 Å². The topological polar surface area (TPSA) is 17.1 Å². The number of carbonyl (C=O) groups is 1. The average Bonchev–Trinajstić information content (AvgIpc) is 2.74. The minimum absolute atomic E-state index is 0.139. The smallest absolute Gasteiger partial charge is 0.166 e. The van der Waals surface area contributed by atoms with Crippen LogP contribution in [0.4, 0.5) is 4.39 Å². The van der Waals surface area contributed by atoms with Crippen molar-refractivity contribution < 1.29 is 9.18 Å². The van der Waals surface area contributed by atoms with Crippen LogP contribution in [0.25, 0.3) is 0 Å². The van der Waals surface area contributed by atoms with E-state index in [2.05, 4.69) is 0 Å². The highest BCUT2D eigenvalue weighted by Crippen LogP contribution is 2.27. The van der Waals surface area contributed by atoms with E-state index in [9.17, 15) is 9.18 Å². The molecule has 0 spiro atoms. The Labute approximate surface area is 93.1 Å². The Bertz CT molecular complexity index is 383. The van der Waals surface area contributed by atoms with Gasteiger partial charge in [0.1, 0.15) is 5.82 Å². The van der Waals surface area contributed by atoms with Gasteiger partial charge in [-0.25, -0.2) is 4.39 Å². The lowest BCUT2D eigenvalue weighted by Crippen LogP contribution is -2.14. The zero-order valence-electron chi connectivity index (χ0n) is 8.63. The lowest BCUT2D eigenvalue weighted by Gasteiger charge is -2.07. The summed E-state index contributed by atoms with van der Waals surface area (Å²) in [5, 5.41) is 0. The standard InChI is InChI=1S/C12H13FOS/c1-8-6-9(2-3-11(8)13)12(14)10-4-5-15-7-10/h2-3,6,10H,4-5,7H2,1H3. The van der Waals surface area contributed by atoms with E-state index in [4.69, 9.17) is 0 Å². The van der Waals surface area contributed by atoms with E-state index in [1.165, 1.54) is 6.07 Å². The molecular weight excluding hydrogens is 211 g/mol. The third kappa shape index (κ3) is 2.23. The van der Waals surface area contributed by atoms with Crippen molar-refractivity contribution in [3.63, 3.8) is 0 Å². The highest BCUT2D eigenvalue weighted by atomic mass is 32.2. The van der Waals surface area contributed by atoms with E-state index < -0.39 is 0 Å². The second-order valence-electron chi connectivity index (χ2n) is 3.89. The Kier molecular flexibility index (Phi) is 3.10. The number of hydrogen-bond donors (Lipinski definition) is 0. The summed E-state index contributed by atoms with van der Waals surface area (Å²) >= 11 is 1.82. The highest BCUT2D eigenvalue weighted by Gasteiger charge is 2.24. The maximum atomic E-state index is 13.0. The van der Waals surface area contributed by atoms with Crippen molar-refractivity contribution in [1.82, 2.24) is 0 Å². The predicted octanol–water partition coefficient (Wildman–Crippen LogP) is 3.07. The largest absolute Gasteiger partial charge is 0.294 e. The zero-order chi connectivity index (χ0) is 10.8. The van der Waals surface area contributed by atoms with Gasteiger partial charge < -0.3 is 0 Å². The Morgan fingerprint density at radius 2 is 2.33 bits per heavy atom. The molecule has 0 radical (unpaired) electrons. The summed E-state index contributed by atoms with van der Waals surface area (Å²) in [6, 6.07) is 4.62. The molecule has 80 valence electrons. The first-order valence-corrected chi connectivity index (χ1v) is 6.22. The van der Waals surface area contributed by atoms with E-state index in [-0.39, 0.29) is 17.5 Å². The summed E-state index contributed by atoms with van der Waals surface area (Å²) in [6.07, 6.45) is 0.958. The monoisotopic (exact) mass is 224 g/mol. The normalized spacial score (nSPS) is 20.5. The zero-order valence-corrected chi connectivity index (χ0v) is 9.44. The van der Waals surface area contributed by atoms with Crippen LogP contribution in [0, 0.1) is 18.7 Å². The highest BCUT2D eigenvalue weighted by molar-refractivity contribution is 7.99. The molecule has 1 atom stereocenters. The molecule has 15 heavy (non-hydrogen) atoms. The Hall–Kier alpha value is -0.830. The molecule has 1 aliphatic rings. The van der Waals surface area contributed by atoms with Gasteiger partial charge in [0, 0.05) is 17.2 Å². The molecule has 3 heteroatoms. The lowest BCUT2D eigenvalue weighted by atomic mass is 9.96. The summed E-state index contributed by atoms with van der Waals surface area (Å²) in [5.41, 5.74) is 1.20. The molecule has 0 aromatic heterocycles. The summed E-state index contributed by atoms with van der Waals surface area (Å²) in [6.45, 7) is 1.69. The third-order valence-electron chi connectivity index (χ3n) is 2.74. The summed E-state index contributed by atoms with van der Waals surface area (Å²) < 4.78 is 13.0. The maximum Gasteiger partial charge on any atom is 0.166 e. The van der Waals surface area contributed by atoms with Crippen molar-refractivity contribution >= 4 is 17.5 Å². The number of hydrogen-bond acceptors (Lipinski definition) is 2. The van der Waals surface area contributed by atoms with Crippen LogP contribution in [0.15, 0.2) is 18.2 Å². The van der Waals surface area contributed by atoms with E-state index in [0.717, 1.165) is 17.9 Å². The molecule has 1 aromatic carbocycles. The van der Waals surface area contributed by atoms with Crippen molar-refractivity contribution in [3.8, 4) is 0 Å². The number of Topliss-reactive ketones (excluding diaryl/α,β-unsaturated/α-hetero) is 1. The minimum atomic E-state index is -0.243. The first-order chi connectivity index (χ1) is 7.18. The summed E-state index contributed by atoms with van der Waals surface area (Å²) in [4.78, 5) is 12.0. The molecule has 1 fully saturated rings. The number of carbonyl (C=O) groups excluding carboxylic acids is 1. The SMILES string of the molecule is Cc1cc(C(=O)C2CCSC2)ccc1F. The van der Waals surface area contributed by atoms with Crippen LogP contribution in [0.5, 0.6) is 0 Å². The molecule has 0 amide bonds. The summed E-state index contributed by atoms with van der Waals surface area (Å²) in [7, 11) is 0. The number of halogens is 1. The molecule has 0 bridgehead atoms. The maximum absolute atomic E-state index is 13.0. The fourth-order valence-electron chi connectivity index (χ4n) is 1.77. The van der Waals surface area contributed by atoms with E-state index in [0.29, 0.717) is 11.1 Å². The second-order valence-corrected chi connectivity index (χ2v) is 5.04. The van der Waals surface area contributed by atoms with Gasteiger partial charge in [-0.05, 0) is 42.9 Å². The first-order valence-electron chi connectivity index (χ1n) is 5.06. The van der Waals surface area contributed by atoms with E-state index in [1.54, 1.807) is 19.1 Å². The number of benzene rings is 1. The molecule has 2 rings (SSSR count). The third-order valence-corrected chi connectivity index (χ3v) is 3.91. The van der Waals surface area contributed by atoms with Crippen LogP contribution < -0.4 is 0 Å². The molecule has 0 saturated carbocycles. The number of ketones is 1. The van der Waals surface area contributed by atoms with Crippen molar-refractivity contribution in [1.29, 1.82) is 0 Å². The van der Waals surface area contributed by atoms with Gasteiger partial charge in [0.15, 0.2) is 5.78 Å². The van der Waals surface area contributed by atoms with Gasteiger partial charge in [0.25, 0.3) is 0 Å². The quantitative estimate of drug-likeness (QED) is 0.718. The average molecular weight is 224 g/mol. The van der Waals surface area contributed by atoms with Crippen molar-refractivity contribution in [2.24, 2.45) is 5.92 Å². The van der Waals surface area contributed by atoms with Crippen LogP contribution in [0.1, 0.15) is 22.3 Å². The molecular formula is C12H13FOS. The van der Waals surface area contributed by atoms with Crippen LogP contribution in [-0.4, -0.2) is 17.3 Å². The van der Waals surface area contributed by atoms with Crippen LogP contribution in [-0.2, 0) is 0 Å². The molecule has 1 aliphatic heterocycles. The Morgan fingerprint density at radius 3 is 2.93 bits per heavy atom. The Morgan fingerprint density at radius 1 is 1.53 bits per heavy atom. The van der Waals surface area contributed by atoms with Gasteiger partial charge in [-0.15, -0.1) is 0 Å². The molecule has 0 N–H and O–H groups in total. The fraction of sp³-hybridized carbons (Fsp3) is 0.417. The lowest BCUT2D eigenvalue weighted by molar-refractivity contribution is 0.0933. The van der Waals surface area contributed by atoms with Gasteiger partial charge in [0.2, 0.25) is 0 Å². The number of thioether (sulfide) groups is 1. The summed E-state index contributed by atoms with van der Waals surface area (Å²) in [5.74, 6) is 2.04. The Balaban J connectivity index is 2.21. The van der Waals surface area contributed by atoms with E-state index in [1.807, 2.05) is 11.8 Å². The van der Waals surface area contributed by atoms with Crippen LogP contribution in [0.2, 0.25) is 0 Å². The molecule has 1 aromatic rings. The van der Waals surface area contributed by atoms with Crippen LogP contribution >= 0.6 is 11.8 Å². The first kappa shape index (κ1) is 10.7. The van der Waals surface area contributed by atoms with Gasteiger partial charge >= 0.3 is 0 Å². The van der Waals surface area contributed by atoms with E-state index >= 15 is 0 Å². The van der Waals surface area contributed by atoms with Gasteiger partial charge in [-0.3, -0.25) is 4.79 Å². The molecule has 1 unspecified atom stereocenters. The predicted molar refractivity (Wildman–Crippen MR) is 60.9 cm³/mol. The van der Waals surface area contributed by atoms with Gasteiger partial charge in [-0.2, -0.15) is 11.8 Å². The van der Waals surface area contributed by atoms with Crippen LogP contribution in [0.3, 0.4) is 0 Å². The molecule has 1 nitrogen and oxygen atoms in total. The fourth-order valence-corrected chi connectivity index (χ4v) is 3.00. The van der Waals surface area contributed by atoms with Gasteiger partial charge in [0.05, 0.1) is 0 Å².